The number of ether oxygens (including phenoxy) is 1. The van der Waals surface area contributed by atoms with Gasteiger partial charge in [0.2, 0.25) is 11.8 Å². The summed E-state index contributed by atoms with van der Waals surface area (Å²) in [4.78, 5) is 28.4. The van der Waals surface area contributed by atoms with E-state index in [9.17, 15) is 26.8 Å². The van der Waals surface area contributed by atoms with Gasteiger partial charge in [0.05, 0.1) is 17.7 Å². The van der Waals surface area contributed by atoms with Crippen molar-refractivity contribution < 1.29 is 31.5 Å². The molecule has 0 aliphatic carbocycles. The Balaban J connectivity index is 2.05. The van der Waals surface area contributed by atoms with Gasteiger partial charge in [-0.15, -0.1) is 0 Å². The lowest BCUT2D eigenvalue weighted by Gasteiger charge is -2.33. The van der Waals surface area contributed by atoms with Crippen molar-refractivity contribution in [2.24, 2.45) is 0 Å². The van der Waals surface area contributed by atoms with Crippen molar-refractivity contribution >= 4 is 27.5 Å². The number of halogens is 2. The Kier molecular flexibility index (Phi) is 10.8. The number of rotatable bonds is 13. The molecule has 3 aromatic carbocycles. The number of amides is 2. The molecule has 0 saturated carbocycles. The van der Waals surface area contributed by atoms with E-state index in [2.05, 4.69) is 5.32 Å². The maximum atomic E-state index is 14.0. The van der Waals surface area contributed by atoms with Crippen molar-refractivity contribution in [3.05, 3.63) is 90.0 Å². The third-order valence-electron chi connectivity index (χ3n) is 6.69. The summed E-state index contributed by atoms with van der Waals surface area (Å²) < 4.78 is 61.0. The first-order valence-corrected chi connectivity index (χ1v) is 14.7. The third kappa shape index (κ3) is 8.03. The first kappa shape index (κ1) is 31.5. The Labute approximate surface area is 240 Å². The van der Waals surface area contributed by atoms with E-state index in [1.54, 1.807) is 6.92 Å². The fraction of sp³-hybridized carbons (Fsp3) is 0.333. The van der Waals surface area contributed by atoms with E-state index in [0.717, 1.165) is 16.4 Å². The van der Waals surface area contributed by atoms with E-state index in [1.807, 2.05) is 13.8 Å². The molecular weight excluding hydrogens is 552 g/mol. The van der Waals surface area contributed by atoms with Gasteiger partial charge in [0, 0.05) is 12.6 Å². The second-order valence-electron chi connectivity index (χ2n) is 9.55. The van der Waals surface area contributed by atoms with Crippen LogP contribution >= 0.6 is 0 Å². The average molecular weight is 588 g/mol. The van der Waals surface area contributed by atoms with E-state index in [0.29, 0.717) is 17.7 Å². The number of methoxy groups -OCH3 is 1. The minimum absolute atomic E-state index is 0.0641. The van der Waals surface area contributed by atoms with Gasteiger partial charge >= 0.3 is 0 Å². The van der Waals surface area contributed by atoms with E-state index in [-0.39, 0.29) is 35.5 Å². The maximum absolute atomic E-state index is 14.0. The number of hydrogen-bond acceptors (Lipinski definition) is 5. The van der Waals surface area contributed by atoms with Crippen molar-refractivity contribution in [1.82, 2.24) is 10.2 Å². The monoisotopic (exact) mass is 587 g/mol. The van der Waals surface area contributed by atoms with E-state index in [4.69, 9.17) is 4.74 Å². The number of nitrogens with one attached hydrogen (secondary N) is 1. The molecule has 220 valence electrons. The van der Waals surface area contributed by atoms with E-state index in [1.165, 1.54) is 72.7 Å². The molecule has 2 amide bonds. The van der Waals surface area contributed by atoms with Gasteiger partial charge in [0.1, 0.15) is 30.0 Å². The zero-order valence-electron chi connectivity index (χ0n) is 23.5. The number of carbonyl (C=O) groups is 2. The normalized spacial score (nSPS) is 12.7. The molecule has 0 heterocycles. The fourth-order valence-electron chi connectivity index (χ4n) is 4.16. The predicted molar refractivity (Wildman–Crippen MR) is 153 cm³/mol. The van der Waals surface area contributed by atoms with Gasteiger partial charge in [-0.1, -0.05) is 26.0 Å². The maximum Gasteiger partial charge on any atom is 0.264 e. The molecule has 0 fully saturated rings. The second-order valence-corrected chi connectivity index (χ2v) is 11.4. The quantitative estimate of drug-likeness (QED) is 0.307. The molecule has 0 spiro atoms. The second kappa shape index (κ2) is 14.1. The number of sulfonamides is 1. The van der Waals surface area contributed by atoms with Crippen LogP contribution in [0, 0.1) is 11.6 Å². The van der Waals surface area contributed by atoms with Crippen molar-refractivity contribution in [2.75, 3.05) is 18.0 Å². The number of benzene rings is 3. The van der Waals surface area contributed by atoms with Crippen LogP contribution < -0.4 is 14.4 Å². The lowest BCUT2D eigenvalue weighted by atomic mass is 10.1. The van der Waals surface area contributed by atoms with Crippen LogP contribution in [0.3, 0.4) is 0 Å². The summed E-state index contributed by atoms with van der Waals surface area (Å²) in [6.07, 6.45) is 0.920. The summed E-state index contributed by atoms with van der Waals surface area (Å²) in [7, 11) is -2.87. The first-order valence-electron chi connectivity index (χ1n) is 13.3. The summed E-state index contributed by atoms with van der Waals surface area (Å²) in [5.41, 5.74) is 0.621. The molecule has 3 rings (SSSR count). The minimum atomic E-state index is -4.32. The van der Waals surface area contributed by atoms with Crippen molar-refractivity contribution in [1.29, 1.82) is 0 Å². The highest BCUT2D eigenvalue weighted by molar-refractivity contribution is 7.92. The van der Waals surface area contributed by atoms with Crippen molar-refractivity contribution in [3.63, 3.8) is 0 Å². The van der Waals surface area contributed by atoms with Gasteiger partial charge in [-0.2, -0.15) is 0 Å². The molecule has 0 saturated heterocycles. The van der Waals surface area contributed by atoms with Crippen LogP contribution in [0.5, 0.6) is 5.75 Å². The van der Waals surface area contributed by atoms with Crippen LogP contribution in [0.15, 0.2) is 77.7 Å². The zero-order valence-corrected chi connectivity index (χ0v) is 24.3. The van der Waals surface area contributed by atoms with Gasteiger partial charge in [0.15, 0.2) is 0 Å². The summed E-state index contributed by atoms with van der Waals surface area (Å²) in [6.45, 7) is 4.77. The first-order chi connectivity index (χ1) is 19.5. The molecule has 0 aliphatic rings. The molecule has 2 atom stereocenters. The van der Waals surface area contributed by atoms with Crippen LogP contribution in [-0.2, 0) is 26.2 Å². The molecule has 0 bridgehead atoms. The number of hydrogen-bond donors (Lipinski definition) is 1. The lowest BCUT2D eigenvalue weighted by molar-refractivity contribution is -0.140. The summed E-state index contributed by atoms with van der Waals surface area (Å²) in [5.74, 6) is -1.64. The predicted octanol–water partition coefficient (Wildman–Crippen LogP) is 4.89. The highest BCUT2D eigenvalue weighted by Gasteiger charge is 2.34. The van der Waals surface area contributed by atoms with Gasteiger partial charge in [-0.05, 0) is 86.0 Å². The topological polar surface area (TPSA) is 96.0 Å². The average Bonchev–Trinajstić information content (AvgIpc) is 2.97. The molecule has 1 N–H and O–H groups in total. The number of carbonyl (C=O) groups excluding carboxylic acids is 2. The minimum Gasteiger partial charge on any atom is -0.497 e. The molecule has 41 heavy (non-hydrogen) atoms. The van der Waals surface area contributed by atoms with Crippen molar-refractivity contribution in [2.45, 2.75) is 57.1 Å². The number of anilines is 1. The van der Waals surface area contributed by atoms with Crippen LogP contribution in [-0.4, -0.2) is 50.9 Å². The molecule has 8 nitrogen and oxygen atoms in total. The molecule has 3 aromatic rings. The smallest absolute Gasteiger partial charge is 0.264 e. The van der Waals surface area contributed by atoms with Gasteiger partial charge < -0.3 is 15.0 Å². The molecule has 11 heteroatoms. The Morgan fingerprint density at radius 2 is 1.44 bits per heavy atom. The van der Waals surface area contributed by atoms with E-state index < -0.39 is 40.2 Å². The molecular formula is C30H35F2N3O5S. The zero-order chi connectivity index (χ0) is 30.2. The van der Waals surface area contributed by atoms with E-state index >= 15 is 0 Å². The summed E-state index contributed by atoms with van der Waals surface area (Å²) in [5, 5.41) is 2.89. The van der Waals surface area contributed by atoms with Crippen LogP contribution in [0.1, 0.15) is 39.2 Å². The largest absolute Gasteiger partial charge is 0.497 e. The Morgan fingerprint density at radius 3 is 1.95 bits per heavy atom. The third-order valence-corrected chi connectivity index (χ3v) is 8.48. The Bertz CT molecular complexity index is 1420. The Hall–Kier alpha value is -3.99. The highest BCUT2D eigenvalue weighted by Crippen LogP contribution is 2.26. The van der Waals surface area contributed by atoms with Crippen LogP contribution in [0.4, 0.5) is 14.5 Å². The number of nitrogens with zero attached hydrogens (tertiary/aromatic N) is 2. The van der Waals surface area contributed by atoms with Gasteiger partial charge in [-0.25, -0.2) is 17.2 Å². The molecule has 0 unspecified atom stereocenters. The van der Waals surface area contributed by atoms with Crippen LogP contribution in [0.25, 0.3) is 0 Å². The Morgan fingerprint density at radius 1 is 0.878 bits per heavy atom. The van der Waals surface area contributed by atoms with Crippen molar-refractivity contribution in [3.8, 4) is 5.75 Å². The molecule has 0 aliphatic heterocycles. The van der Waals surface area contributed by atoms with Crippen LogP contribution in [0.2, 0.25) is 0 Å². The molecule has 0 aromatic heterocycles. The standard InChI is InChI=1S/C30H35F2N3O5S/c1-5-21(3)33-30(37)28(6-2)34(19-22-7-9-23(31)10-8-22)29(36)20-35(25-13-11-24(32)12-14-25)41(38,39)27-17-15-26(40-4)16-18-27/h7-18,21,28H,5-6,19-20H2,1-4H3,(H,33,37)/t21-,28-/m0/s1. The fourth-order valence-corrected chi connectivity index (χ4v) is 5.57. The van der Waals surface area contributed by atoms with Gasteiger partial charge in [0.25, 0.3) is 10.0 Å². The SMILES string of the molecule is CC[C@H](C)NC(=O)[C@H](CC)N(Cc1ccc(F)cc1)C(=O)CN(c1ccc(F)cc1)S(=O)(=O)c1ccc(OC)cc1. The van der Waals surface area contributed by atoms with Gasteiger partial charge in [-0.3, -0.25) is 13.9 Å². The highest BCUT2D eigenvalue weighted by atomic mass is 32.2. The summed E-state index contributed by atoms with van der Waals surface area (Å²) >= 11 is 0. The summed E-state index contributed by atoms with van der Waals surface area (Å²) in [6, 6.07) is 14.8. The molecule has 0 radical (unpaired) electrons. The lowest BCUT2D eigenvalue weighted by Crippen LogP contribution is -2.53.